The molecule has 2 heterocycles. The summed E-state index contributed by atoms with van der Waals surface area (Å²) in [6.45, 7) is 3.36. The molecule has 5 nitrogen and oxygen atoms in total. The predicted molar refractivity (Wildman–Crippen MR) is 86.9 cm³/mol. The van der Waals surface area contributed by atoms with Crippen molar-refractivity contribution in [2.45, 2.75) is 38.5 Å². The Hall–Kier alpha value is -1.88. The number of hydrogen-bond donors (Lipinski definition) is 2. The van der Waals surface area contributed by atoms with Crippen molar-refractivity contribution in [1.82, 2.24) is 4.90 Å². The van der Waals surface area contributed by atoms with Crippen LogP contribution in [-0.2, 0) is 16.0 Å². The summed E-state index contributed by atoms with van der Waals surface area (Å²) in [7, 11) is 0. The molecule has 0 bridgehead atoms. The monoisotopic (exact) mass is 301 g/mol. The molecule has 22 heavy (non-hydrogen) atoms. The summed E-state index contributed by atoms with van der Waals surface area (Å²) >= 11 is 0. The molecule has 2 N–H and O–H groups in total. The quantitative estimate of drug-likeness (QED) is 0.878. The summed E-state index contributed by atoms with van der Waals surface area (Å²) in [5, 5.41) is 5.72. The van der Waals surface area contributed by atoms with E-state index in [1.54, 1.807) is 0 Å². The third kappa shape index (κ3) is 3.85. The Morgan fingerprint density at radius 3 is 2.86 bits per heavy atom. The highest BCUT2D eigenvalue weighted by atomic mass is 16.2. The fourth-order valence-corrected chi connectivity index (χ4v) is 3.18. The van der Waals surface area contributed by atoms with Gasteiger partial charge in [0.1, 0.15) is 0 Å². The number of piperidine rings is 1. The minimum atomic E-state index is 0.0139. The van der Waals surface area contributed by atoms with Gasteiger partial charge in [-0.2, -0.15) is 0 Å². The van der Waals surface area contributed by atoms with Crippen LogP contribution >= 0.6 is 0 Å². The molecule has 0 aromatic heterocycles. The predicted octanol–water partition coefficient (Wildman–Crippen LogP) is 2.39. The van der Waals surface area contributed by atoms with Crippen molar-refractivity contribution >= 4 is 23.2 Å². The molecule has 1 aromatic carbocycles. The van der Waals surface area contributed by atoms with Crippen LogP contribution in [0.25, 0.3) is 0 Å². The van der Waals surface area contributed by atoms with Crippen molar-refractivity contribution < 1.29 is 9.59 Å². The standard InChI is InChI=1S/C17H23N3O2/c21-16(5-4-10-20-8-2-1-3-9-20)18-14-6-7-15-13(11-14)12-17(22)19-15/h6-7,11H,1-5,8-10,12H2,(H,18,21)(H,19,22). The molecule has 2 aliphatic rings. The topological polar surface area (TPSA) is 61.4 Å². The first-order valence-electron chi connectivity index (χ1n) is 8.16. The Morgan fingerprint density at radius 2 is 2.05 bits per heavy atom. The second-order valence-corrected chi connectivity index (χ2v) is 6.15. The molecule has 0 atom stereocenters. The third-order valence-electron chi connectivity index (χ3n) is 4.34. The number of anilines is 2. The number of rotatable bonds is 5. The molecule has 0 unspecified atom stereocenters. The van der Waals surface area contributed by atoms with Crippen LogP contribution in [0.5, 0.6) is 0 Å². The van der Waals surface area contributed by atoms with E-state index in [0.29, 0.717) is 12.8 Å². The van der Waals surface area contributed by atoms with Crippen molar-refractivity contribution in [1.29, 1.82) is 0 Å². The summed E-state index contributed by atoms with van der Waals surface area (Å²) in [5.41, 5.74) is 2.59. The molecule has 1 aromatic rings. The number of nitrogens with zero attached hydrogens (tertiary/aromatic N) is 1. The van der Waals surface area contributed by atoms with E-state index in [-0.39, 0.29) is 11.8 Å². The van der Waals surface area contributed by atoms with Gasteiger partial charge in [0.25, 0.3) is 0 Å². The van der Waals surface area contributed by atoms with Gasteiger partial charge in [-0.05, 0) is 62.7 Å². The highest BCUT2D eigenvalue weighted by Gasteiger charge is 2.18. The summed E-state index contributed by atoms with van der Waals surface area (Å²) in [6, 6.07) is 5.58. The summed E-state index contributed by atoms with van der Waals surface area (Å²) in [4.78, 5) is 25.8. The van der Waals surface area contributed by atoms with E-state index in [9.17, 15) is 9.59 Å². The van der Waals surface area contributed by atoms with E-state index in [1.165, 1.54) is 32.4 Å². The van der Waals surface area contributed by atoms with E-state index < -0.39 is 0 Å². The molecule has 1 fully saturated rings. The van der Waals surface area contributed by atoms with Gasteiger partial charge >= 0.3 is 0 Å². The molecule has 0 saturated carbocycles. The van der Waals surface area contributed by atoms with E-state index in [1.807, 2.05) is 18.2 Å². The maximum atomic E-state index is 12.0. The molecule has 118 valence electrons. The number of hydrogen-bond acceptors (Lipinski definition) is 3. The third-order valence-corrected chi connectivity index (χ3v) is 4.34. The largest absolute Gasteiger partial charge is 0.326 e. The fourth-order valence-electron chi connectivity index (χ4n) is 3.18. The van der Waals surface area contributed by atoms with Crippen LogP contribution in [0.2, 0.25) is 0 Å². The van der Waals surface area contributed by atoms with Crippen LogP contribution in [-0.4, -0.2) is 36.3 Å². The Morgan fingerprint density at radius 1 is 1.23 bits per heavy atom. The molecule has 5 heteroatoms. The van der Waals surface area contributed by atoms with Crippen molar-refractivity contribution in [3.8, 4) is 0 Å². The molecule has 3 rings (SSSR count). The van der Waals surface area contributed by atoms with Gasteiger partial charge in [-0.15, -0.1) is 0 Å². The Balaban J connectivity index is 1.44. The van der Waals surface area contributed by atoms with E-state index in [0.717, 1.165) is 29.9 Å². The average molecular weight is 301 g/mol. The number of amides is 2. The van der Waals surface area contributed by atoms with Gasteiger partial charge in [0, 0.05) is 17.8 Å². The van der Waals surface area contributed by atoms with Crippen LogP contribution in [0.1, 0.15) is 37.7 Å². The highest BCUT2D eigenvalue weighted by Crippen LogP contribution is 2.26. The van der Waals surface area contributed by atoms with Gasteiger partial charge in [0.15, 0.2) is 0 Å². The lowest BCUT2D eigenvalue weighted by molar-refractivity contribution is -0.116. The van der Waals surface area contributed by atoms with E-state index in [4.69, 9.17) is 0 Å². The number of fused-ring (bicyclic) bond motifs is 1. The number of carbonyl (C=O) groups is 2. The van der Waals surface area contributed by atoms with Crippen LogP contribution in [0.15, 0.2) is 18.2 Å². The minimum absolute atomic E-state index is 0.0139. The van der Waals surface area contributed by atoms with Crippen molar-refractivity contribution in [3.05, 3.63) is 23.8 Å². The smallest absolute Gasteiger partial charge is 0.228 e. The highest BCUT2D eigenvalue weighted by molar-refractivity contribution is 6.00. The molecular weight excluding hydrogens is 278 g/mol. The van der Waals surface area contributed by atoms with Crippen LogP contribution < -0.4 is 10.6 Å². The first-order chi connectivity index (χ1) is 10.7. The summed E-state index contributed by atoms with van der Waals surface area (Å²) < 4.78 is 0. The lowest BCUT2D eigenvalue weighted by atomic mass is 10.1. The molecule has 0 aliphatic carbocycles. The van der Waals surface area contributed by atoms with Crippen molar-refractivity contribution in [3.63, 3.8) is 0 Å². The number of benzene rings is 1. The lowest BCUT2D eigenvalue weighted by Gasteiger charge is -2.26. The zero-order chi connectivity index (χ0) is 15.4. The van der Waals surface area contributed by atoms with Crippen LogP contribution in [0.4, 0.5) is 11.4 Å². The average Bonchev–Trinajstić information content (AvgIpc) is 2.87. The van der Waals surface area contributed by atoms with Gasteiger partial charge in [-0.3, -0.25) is 9.59 Å². The lowest BCUT2D eigenvalue weighted by Crippen LogP contribution is -2.31. The fraction of sp³-hybridized carbons (Fsp3) is 0.529. The molecule has 0 radical (unpaired) electrons. The van der Waals surface area contributed by atoms with Gasteiger partial charge in [-0.1, -0.05) is 6.42 Å². The number of nitrogens with one attached hydrogen (secondary N) is 2. The minimum Gasteiger partial charge on any atom is -0.326 e. The molecule has 1 saturated heterocycles. The molecule has 0 spiro atoms. The van der Waals surface area contributed by atoms with Crippen LogP contribution in [0.3, 0.4) is 0 Å². The Bertz CT molecular complexity index is 565. The van der Waals surface area contributed by atoms with Crippen LogP contribution in [0, 0.1) is 0 Å². The zero-order valence-corrected chi connectivity index (χ0v) is 12.9. The first kappa shape index (κ1) is 15.0. The SMILES string of the molecule is O=C(CCCN1CCCCC1)Nc1ccc2c(c1)CC(=O)N2. The number of likely N-dealkylation sites (tertiary alicyclic amines) is 1. The molecule has 2 aliphatic heterocycles. The Labute approximate surface area is 131 Å². The first-order valence-corrected chi connectivity index (χ1v) is 8.16. The zero-order valence-electron chi connectivity index (χ0n) is 12.9. The molecule has 2 amide bonds. The van der Waals surface area contributed by atoms with Gasteiger partial charge < -0.3 is 15.5 Å². The maximum Gasteiger partial charge on any atom is 0.228 e. The van der Waals surface area contributed by atoms with Crippen molar-refractivity contribution in [2.75, 3.05) is 30.3 Å². The van der Waals surface area contributed by atoms with E-state index in [2.05, 4.69) is 15.5 Å². The second-order valence-electron chi connectivity index (χ2n) is 6.15. The van der Waals surface area contributed by atoms with Gasteiger partial charge in [0.05, 0.1) is 6.42 Å². The summed E-state index contributed by atoms with van der Waals surface area (Å²) in [6.07, 6.45) is 5.75. The second kappa shape index (κ2) is 6.92. The van der Waals surface area contributed by atoms with Gasteiger partial charge in [-0.25, -0.2) is 0 Å². The maximum absolute atomic E-state index is 12.0. The number of carbonyl (C=O) groups excluding carboxylic acids is 2. The molecular formula is C17H23N3O2. The summed E-state index contributed by atoms with van der Waals surface area (Å²) in [5.74, 6) is 0.0641. The van der Waals surface area contributed by atoms with Gasteiger partial charge in [0.2, 0.25) is 11.8 Å². The normalized spacial score (nSPS) is 17.9. The Kier molecular flexibility index (Phi) is 4.73. The van der Waals surface area contributed by atoms with E-state index >= 15 is 0 Å². The van der Waals surface area contributed by atoms with Crippen molar-refractivity contribution in [2.24, 2.45) is 0 Å².